The number of benzene rings is 2. The van der Waals surface area contributed by atoms with Gasteiger partial charge in [-0.15, -0.1) is 0 Å². The smallest absolute Gasteiger partial charge is 0.289 e. The number of rotatable bonds is 3. The molecule has 138 valence electrons. The van der Waals surface area contributed by atoms with E-state index in [1.54, 1.807) is 35.2 Å². The van der Waals surface area contributed by atoms with Crippen molar-refractivity contribution in [3.05, 3.63) is 77.3 Å². The molecule has 27 heavy (non-hydrogen) atoms. The van der Waals surface area contributed by atoms with E-state index in [0.717, 1.165) is 5.69 Å². The van der Waals surface area contributed by atoms with Gasteiger partial charge in [0.1, 0.15) is 11.6 Å². The third-order valence-electron chi connectivity index (χ3n) is 4.72. The SMILES string of the molecule is O=C(c1ccc(-c2ccccc2F)o1)N1CCN(c2ccccc2Cl)CC1. The van der Waals surface area contributed by atoms with Crippen molar-refractivity contribution in [2.24, 2.45) is 0 Å². The summed E-state index contributed by atoms with van der Waals surface area (Å²) >= 11 is 6.26. The van der Waals surface area contributed by atoms with Crippen LogP contribution in [0.2, 0.25) is 5.02 Å². The van der Waals surface area contributed by atoms with Gasteiger partial charge < -0.3 is 14.2 Å². The third-order valence-corrected chi connectivity index (χ3v) is 5.04. The van der Waals surface area contributed by atoms with Crippen molar-refractivity contribution in [3.63, 3.8) is 0 Å². The number of furan rings is 1. The van der Waals surface area contributed by atoms with Gasteiger partial charge in [-0.1, -0.05) is 35.9 Å². The van der Waals surface area contributed by atoms with E-state index in [1.807, 2.05) is 24.3 Å². The Balaban J connectivity index is 1.44. The van der Waals surface area contributed by atoms with E-state index in [9.17, 15) is 9.18 Å². The minimum atomic E-state index is -0.376. The Kier molecular flexibility index (Phi) is 4.86. The molecule has 0 atom stereocenters. The van der Waals surface area contributed by atoms with Crippen LogP contribution in [0.1, 0.15) is 10.6 Å². The van der Waals surface area contributed by atoms with Gasteiger partial charge >= 0.3 is 0 Å². The highest BCUT2D eigenvalue weighted by Gasteiger charge is 2.25. The van der Waals surface area contributed by atoms with Gasteiger partial charge in [0.25, 0.3) is 5.91 Å². The minimum absolute atomic E-state index is 0.184. The molecule has 0 unspecified atom stereocenters. The molecular weight excluding hydrogens is 367 g/mol. The molecule has 1 aliphatic rings. The van der Waals surface area contributed by atoms with Gasteiger partial charge in [-0.05, 0) is 36.4 Å². The summed E-state index contributed by atoms with van der Waals surface area (Å²) in [5, 5.41) is 0.706. The van der Waals surface area contributed by atoms with E-state index in [0.29, 0.717) is 42.5 Å². The lowest BCUT2D eigenvalue weighted by atomic mass is 10.1. The second-order valence-electron chi connectivity index (χ2n) is 6.37. The lowest BCUT2D eigenvalue weighted by molar-refractivity contribution is 0.0715. The van der Waals surface area contributed by atoms with Crippen LogP contribution in [0.5, 0.6) is 0 Å². The van der Waals surface area contributed by atoms with Gasteiger partial charge in [0.2, 0.25) is 0 Å². The van der Waals surface area contributed by atoms with Gasteiger partial charge in [0.15, 0.2) is 5.76 Å². The fourth-order valence-corrected chi connectivity index (χ4v) is 3.53. The number of piperazine rings is 1. The molecule has 4 nitrogen and oxygen atoms in total. The molecule has 0 saturated carbocycles. The number of hydrogen-bond donors (Lipinski definition) is 0. The van der Waals surface area contributed by atoms with Crippen LogP contribution in [-0.2, 0) is 0 Å². The second kappa shape index (κ2) is 7.45. The fourth-order valence-electron chi connectivity index (χ4n) is 3.27. The highest BCUT2D eigenvalue weighted by Crippen LogP contribution is 2.28. The van der Waals surface area contributed by atoms with E-state index in [4.69, 9.17) is 16.0 Å². The van der Waals surface area contributed by atoms with Crippen molar-refractivity contribution in [2.75, 3.05) is 31.1 Å². The zero-order chi connectivity index (χ0) is 18.8. The number of para-hydroxylation sites is 1. The monoisotopic (exact) mass is 384 g/mol. The van der Waals surface area contributed by atoms with Crippen LogP contribution in [-0.4, -0.2) is 37.0 Å². The van der Waals surface area contributed by atoms with Crippen LogP contribution in [0, 0.1) is 5.82 Å². The van der Waals surface area contributed by atoms with Gasteiger partial charge in [-0.25, -0.2) is 4.39 Å². The number of carbonyl (C=O) groups is 1. The lowest BCUT2D eigenvalue weighted by Gasteiger charge is -2.36. The molecule has 0 radical (unpaired) electrons. The van der Waals surface area contributed by atoms with E-state index in [2.05, 4.69) is 4.90 Å². The summed E-state index contributed by atoms with van der Waals surface area (Å²) in [5.41, 5.74) is 1.33. The predicted molar refractivity (Wildman–Crippen MR) is 104 cm³/mol. The molecule has 1 aliphatic heterocycles. The molecule has 0 N–H and O–H groups in total. The maximum Gasteiger partial charge on any atom is 0.289 e. The first-order valence-electron chi connectivity index (χ1n) is 8.77. The van der Waals surface area contributed by atoms with Crippen molar-refractivity contribution < 1.29 is 13.6 Å². The van der Waals surface area contributed by atoms with Crippen LogP contribution in [0.25, 0.3) is 11.3 Å². The fraction of sp³-hybridized carbons (Fsp3) is 0.190. The van der Waals surface area contributed by atoms with Crippen molar-refractivity contribution in [2.45, 2.75) is 0 Å². The van der Waals surface area contributed by atoms with Crippen LogP contribution < -0.4 is 4.90 Å². The summed E-state index contributed by atoms with van der Waals surface area (Å²) in [6.45, 7) is 2.52. The molecule has 3 aromatic rings. The van der Waals surface area contributed by atoms with Crippen molar-refractivity contribution in [1.82, 2.24) is 4.90 Å². The first kappa shape index (κ1) is 17.6. The first-order valence-corrected chi connectivity index (χ1v) is 9.15. The number of halogens is 2. The van der Waals surface area contributed by atoms with Crippen LogP contribution in [0.4, 0.5) is 10.1 Å². The number of amides is 1. The average Bonchev–Trinajstić information content (AvgIpc) is 3.18. The molecular formula is C21H18ClFN2O2. The summed E-state index contributed by atoms with van der Waals surface area (Å²) < 4.78 is 19.5. The molecule has 4 rings (SSSR count). The Morgan fingerprint density at radius 2 is 1.63 bits per heavy atom. The lowest BCUT2D eigenvalue weighted by Crippen LogP contribution is -2.48. The average molecular weight is 385 g/mol. The number of anilines is 1. The van der Waals surface area contributed by atoms with Gasteiger partial charge in [0, 0.05) is 26.2 Å². The Labute approximate surface area is 161 Å². The summed E-state index contributed by atoms with van der Waals surface area (Å²) in [4.78, 5) is 16.6. The van der Waals surface area contributed by atoms with Crippen molar-refractivity contribution >= 4 is 23.2 Å². The van der Waals surface area contributed by atoms with Crippen molar-refractivity contribution in [3.8, 4) is 11.3 Å². The topological polar surface area (TPSA) is 36.7 Å². The largest absolute Gasteiger partial charge is 0.451 e. The molecule has 1 fully saturated rings. The maximum absolute atomic E-state index is 13.9. The van der Waals surface area contributed by atoms with E-state index >= 15 is 0 Å². The van der Waals surface area contributed by atoms with Gasteiger partial charge in [-0.2, -0.15) is 0 Å². The molecule has 6 heteroatoms. The molecule has 0 spiro atoms. The molecule has 2 heterocycles. The zero-order valence-corrected chi connectivity index (χ0v) is 15.3. The van der Waals surface area contributed by atoms with E-state index in [1.165, 1.54) is 6.07 Å². The Bertz CT molecular complexity index is 964. The van der Waals surface area contributed by atoms with Crippen molar-refractivity contribution in [1.29, 1.82) is 0 Å². The molecule has 1 amide bonds. The standard InChI is InChI=1S/C21H18ClFN2O2/c22-16-6-2-4-8-18(16)24-11-13-25(14-12-24)21(26)20-10-9-19(27-20)15-5-1-3-7-17(15)23/h1-10H,11-14H2. The summed E-state index contributed by atoms with van der Waals surface area (Å²) in [7, 11) is 0. The molecule has 1 saturated heterocycles. The summed E-state index contributed by atoms with van der Waals surface area (Å²) in [5.74, 6) is 0.0150. The van der Waals surface area contributed by atoms with E-state index < -0.39 is 0 Å². The molecule has 1 aromatic heterocycles. The Morgan fingerprint density at radius 3 is 2.37 bits per heavy atom. The summed E-state index contributed by atoms with van der Waals surface area (Å²) in [6, 6.07) is 17.3. The Morgan fingerprint density at radius 1 is 0.926 bits per heavy atom. The number of hydrogen-bond acceptors (Lipinski definition) is 3. The quantitative estimate of drug-likeness (QED) is 0.656. The van der Waals surface area contributed by atoms with Crippen LogP contribution in [0.3, 0.4) is 0 Å². The number of carbonyl (C=O) groups excluding carboxylic acids is 1. The molecule has 0 bridgehead atoms. The molecule has 0 aliphatic carbocycles. The maximum atomic E-state index is 13.9. The van der Waals surface area contributed by atoms with Gasteiger partial charge in [0.05, 0.1) is 16.3 Å². The highest BCUT2D eigenvalue weighted by atomic mass is 35.5. The molecule has 2 aromatic carbocycles. The predicted octanol–water partition coefficient (Wildman–Crippen LogP) is 4.70. The zero-order valence-electron chi connectivity index (χ0n) is 14.6. The third kappa shape index (κ3) is 3.55. The highest BCUT2D eigenvalue weighted by molar-refractivity contribution is 6.33. The first-order chi connectivity index (χ1) is 13.1. The van der Waals surface area contributed by atoms with Crippen LogP contribution in [0.15, 0.2) is 65.1 Å². The number of nitrogens with zero attached hydrogens (tertiary/aromatic N) is 2. The minimum Gasteiger partial charge on any atom is -0.451 e. The normalized spacial score (nSPS) is 14.4. The second-order valence-corrected chi connectivity index (χ2v) is 6.78. The van der Waals surface area contributed by atoms with E-state index in [-0.39, 0.29) is 17.5 Å². The van der Waals surface area contributed by atoms with Crippen LogP contribution >= 0.6 is 11.6 Å². The Hall–Kier alpha value is -2.79. The van der Waals surface area contributed by atoms with Gasteiger partial charge in [-0.3, -0.25) is 4.79 Å². The summed E-state index contributed by atoms with van der Waals surface area (Å²) in [6.07, 6.45) is 0.